The van der Waals surface area contributed by atoms with Gasteiger partial charge in [0.2, 0.25) is 0 Å². The minimum absolute atomic E-state index is 0.0940. The fourth-order valence-corrected chi connectivity index (χ4v) is 7.06. The van der Waals surface area contributed by atoms with E-state index in [0.29, 0.717) is 19.3 Å². The maximum absolute atomic E-state index is 12.8. The second-order valence-corrected chi connectivity index (χ2v) is 17.1. The Morgan fingerprint density at radius 3 is 1.08 bits per heavy atom. The van der Waals surface area contributed by atoms with Crippen molar-refractivity contribution < 1.29 is 28.6 Å². The van der Waals surface area contributed by atoms with Crippen molar-refractivity contribution in [1.29, 1.82) is 0 Å². The summed E-state index contributed by atoms with van der Waals surface area (Å²) >= 11 is 0. The normalized spacial score (nSPS) is 12.5. The Labute approximate surface area is 377 Å². The molecule has 0 radical (unpaired) electrons. The Morgan fingerprint density at radius 2 is 0.623 bits per heavy atom. The number of ether oxygens (including phenoxy) is 3. The van der Waals surface area contributed by atoms with Gasteiger partial charge in [-0.15, -0.1) is 0 Å². The molecule has 1 atom stereocenters. The van der Waals surface area contributed by atoms with Crippen LogP contribution in [0, 0.1) is 0 Å². The van der Waals surface area contributed by atoms with Gasteiger partial charge in [-0.25, -0.2) is 0 Å². The van der Waals surface area contributed by atoms with Crippen molar-refractivity contribution in [3.63, 3.8) is 0 Å². The second kappa shape index (κ2) is 49.8. The largest absolute Gasteiger partial charge is 0.462 e. The van der Waals surface area contributed by atoms with Crippen LogP contribution < -0.4 is 0 Å². The van der Waals surface area contributed by atoms with E-state index in [1.165, 1.54) is 135 Å². The fourth-order valence-electron chi connectivity index (χ4n) is 7.06. The summed E-state index contributed by atoms with van der Waals surface area (Å²) in [5.41, 5.74) is 0. The molecular weight excluding hydrogens is 757 g/mol. The monoisotopic (exact) mass is 853 g/mol. The van der Waals surface area contributed by atoms with Crippen LogP contribution in [-0.4, -0.2) is 37.2 Å². The van der Waals surface area contributed by atoms with E-state index in [1.54, 1.807) is 0 Å². The van der Waals surface area contributed by atoms with Crippen LogP contribution in [0.25, 0.3) is 0 Å². The number of carbonyl (C=O) groups excluding carboxylic acids is 3. The topological polar surface area (TPSA) is 78.9 Å². The molecule has 0 amide bonds. The molecule has 0 aromatic carbocycles. The van der Waals surface area contributed by atoms with Gasteiger partial charge < -0.3 is 14.2 Å². The average Bonchev–Trinajstić information content (AvgIpc) is 3.26. The van der Waals surface area contributed by atoms with E-state index in [2.05, 4.69) is 81.5 Å². The minimum atomic E-state index is -0.796. The van der Waals surface area contributed by atoms with Gasteiger partial charge in [-0.05, 0) is 77.0 Å². The molecule has 0 rings (SSSR count). The van der Waals surface area contributed by atoms with Crippen LogP contribution in [-0.2, 0) is 28.6 Å². The Kier molecular flexibility index (Phi) is 47.4. The molecule has 0 heterocycles. The number of hydrogen-bond donors (Lipinski definition) is 0. The Hall–Kier alpha value is -2.89. The summed E-state index contributed by atoms with van der Waals surface area (Å²) in [6.45, 7) is 6.52. The van der Waals surface area contributed by atoms with Crippen molar-refractivity contribution in [2.24, 2.45) is 0 Å². The van der Waals surface area contributed by atoms with E-state index < -0.39 is 6.10 Å². The number of unbranched alkanes of at least 4 members (excludes halogenated alkanes) is 25. The summed E-state index contributed by atoms with van der Waals surface area (Å²) in [6, 6.07) is 0. The zero-order valence-electron chi connectivity index (χ0n) is 40.2. The lowest BCUT2D eigenvalue weighted by Gasteiger charge is -2.18. The van der Waals surface area contributed by atoms with Crippen LogP contribution in [0.5, 0.6) is 0 Å². The quantitative estimate of drug-likeness (QED) is 0.0263. The molecule has 0 saturated carbocycles. The van der Waals surface area contributed by atoms with Crippen LogP contribution in [0.15, 0.2) is 60.8 Å². The molecule has 0 fully saturated rings. The number of allylic oxidation sites excluding steroid dienone is 10. The summed E-state index contributed by atoms with van der Waals surface area (Å²) in [4.78, 5) is 37.9. The first-order valence-electron chi connectivity index (χ1n) is 25.8. The molecule has 6 heteroatoms. The van der Waals surface area contributed by atoms with Gasteiger partial charge in [0.05, 0.1) is 0 Å². The third-order valence-corrected chi connectivity index (χ3v) is 11.0. The highest BCUT2D eigenvalue weighted by Gasteiger charge is 2.19. The van der Waals surface area contributed by atoms with Crippen LogP contribution in [0.4, 0.5) is 0 Å². The van der Waals surface area contributed by atoms with E-state index in [1.807, 2.05) is 0 Å². The van der Waals surface area contributed by atoms with Gasteiger partial charge in [0.25, 0.3) is 0 Å². The summed E-state index contributed by atoms with van der Waals surface area (Å²) in [5, 5.41) is 0. The molecule has 0 aliphatic heterocycles. The summed E-state index contributed by atoms with van der Waals surface area (Å²) in [7, 11) is 0. The highest BCUT2D eigenvalue weighted by Crippen LogP contribution is 2.15. The lowest BCUT2D eigenvalue weighted by Crippen LogP contribution is -2.30. The molecule has 0 aromatic rings. The van der Waals surface area contributed by atoms with Crippen molar-refractivity contribution in [3.05, 3.63) is 60.8 Å². The molecule has 61 heavy (non-hydrogen) atoms. The molecule has 0 spiro atoms. The molecule has 0 aliphatic carbocycles. The molecule has 352 valence electrons. The Bertz CT molecular complexity index is 1120. The molecule has 0 aliphatic rings. The van der Waals surface area contributed by atoms with E-state index in [-0.39, 0.29) is 37.5 Å². The number of esters is 3. The zero-order valence-corrected chi connectivity index (χ0v) is 40.2. The predicted molar refractivity (Wildman–Crippen MR) is 261 cm³/mol. The van der Waals surface area contributed by atoms with Gasteiger partial charge in [0.15, 0.2) is 6.10 Å². The van der Waals surface area contributed by atoms with Crippen molar-refractivity contribution in [1.82, 2.24) is 0 Å². The molecule has 0 N–H and O–H groups in total. The molecule has 0 aromatic heterocycles. The van der Waals surface area contributed by atoms with Crippen LogP contribution in [0.1, 0.15) is 252 Å². The first kappa shape index (κ1) is 58.1. The zero-order chi connectivity index (χ0) is 44.4. The Morgan fingerprint density at radius 1 is 0.328 bits per heavy atom. The molecule has 0 saturated heterocycles. The van der Waals surface area contributed by atoms with Crippen molar-refractivity contribution in [3.8, 4) is 0 Å². The van der Waals surface area contributed by atoms with Crippen molar-refractivity contribution >= 4 is 17.9 Å². The SMILES string of the molecule is CCCC/C=C\CCCCCCCC(=O)OCC(COC(=O)CCC/C=C\C/C=C\C/C=C\C/C=C\CCCCC)OC(=O)CCCCCCCCCCCCCCCCC. The number of carbonyl (C=O) groups is 3. The van der Waals surface area contributed by atoms with Gasteiger partial charge in [-0.1, -0.05) is 216 Å². The highest BCUT2D eigenvalue weighted by atomic mass is 16.6. The molecule has 0 bridgehead atoms. The van der Waals surface area contributed by atoms with Gasteiger partial charge in [-0.3, -0.25) is 14.4 Å². The van der Waals surface area contributed by atoms with Gasteiger partial charge in [-0.2, -0.15) is 0 Å². The second-order valence-electron chi connectivity index (χ2n) is 17.1. The minimum Gasteiger partial charge on any atom is -0.462 e. The molecule has 1 unspecified atom stereocenters. The summed E-state index contributed by atoms with van der Waals surface area (Å²) < 4.78 is 16.7. The smallest absolute Gasteiger partial charge is 0.306 e. The lowest BCUT2D eigenvalue weighted by molar-refractivity contribution is -0.167. The van der Waals surface area contributed by atoms with Gasteiger partial charge >= 0.3 is 17.9 Å². The van der Waals surface area contributed by atoms with Crippen LogP contribution in [0.3, 0.4) is 0 Å². The number of hydrogen-bond acceptors (Lipinski definition) is 6. The van der Waals surface area contributed by atoms with Crippen molar-refractivity contribution in [2.45, 2.75) is 258 Å². The first-order valence-corrected chi connectivity index (χ1v) is 25.8. The van der Waals surface area contributed by atoms with E-state index in [9.17, 15) is 14.4 Å². The Balaban J connectivity index is 4.44. The maximum Gasteiger partial charge on any atom is 0.306 e. The average molecular weight is 853 g/mol. The van der Waals surface area contributed by atoms with Gasteiger partial charge in [0, 0.05) is 19.3 Å². The first-order chi connectivity index (χ1) is 30.0. The van der Waals surface area contributed by atoms with Crippen LogP contribution >= 0.6 is 0 Å². The van der Waals surface area contributed by atoms with Gasteiger partial charge in [0.1, 0.15) is 13.2 Å². The van der Waals surface area contributed by atoms with E-state index in [4.69, 9.17) is 14.2 Å². The maximum atomic E-state index is 12.8. The highest BCUT2D eigenvalue weighted by molar-refractivity contribution is 5.71. The fraction of sp³-hybridized carbons (Fsp3) is 0.764. The summed E-state index contributed by atoms with van der Waals surface area (Å²) in [6.07, 6.45) is 60.6. The standard InChI is InChI=1S/C55H96O6/c1-4-7-10-13-16-19-22-24-26-27-29-30-33-36-39-42-45-48-54(57)60-51-52(50-59-53(56)47-44-41-38-35-32-21-18-15-12-9-6-3)61-55(58)49-46-43-40-37-34-31-28-25-23-20-17-14-11-8-5-2/h15-16,18-19,24,26,29-30,36,39,52H,4-14,17,20-23,25,27-28,31-35,37-38,40-51H2,1-3H3/b18-15-,19-16-,26-24-,30-29-,39-36-. The third-order valence-electron chi connectivity index (χ3n) is 11.0. The third kappa shape index (κ3) is 48.0. The van der Waals surface area contributed by atoms with E-state index >= 15 is 0 Å². The van der Waals surface area contributed by atoms with Crippen molar-refractivity contribution in [2.75, 3.05) is 13.2 Å². The number of rotatable bonds is 46. The molecular formula is C55H96O6. The lowest BCUT2D eigenvalue weighted by atomic mass is 10.0. The summed E-state index contributed by atoms with van der Waals surface area (Å²) in [5.74, 6) is -0.956. The predicted octanol–water partition coefficient (Wildman–Crippen LogP) is 16.9. The van der Waals surface area contributed by atoms with Crippen LogP contribution in [0.2, 0.25) is 0 Å². The van der Waals surface area contributed by atoms with E-state index in [0.717, 1.165) is 70.6 Å². The molecule has 6 nitrogen and oxygen atoms in total.